The van der Waals surface area contributed by atoms with Crippen LogP contribution in [0.15, 0.2) is 24.3 Å². The Labute approximate surface area is 115 Å². The van der Waals surface area contributed by atoms with Crippen LogP contribution in [0.4, 0.5) is 0 Å². The van der Waals surface area contributed by atoms with E-state index in [1.54, 1.807) is 31.4 Å². The van der Waals surface area contributed by atoms with Gasteiger partial charge < -0.3 is 10.1 Å². The first-order chi connectivity index (χ1) is 9.12. The highest BCUT2D eigenvalue weighted by atomic mass is 16.5. The second-order valence-electron chi connectivity index (χ2n) is 4.51. The number of likely N-dealkylation sites (N-methyl/N-ethyl adjacent to an activating group) is 1. The van der Waals surface area contributed by atoms with Gasteiger partial charge in [-0.05, 0) is 44.3 Å². The van der Waals surface area contributed by atoms with E-state index >= 15 is 0 Å². The van der Waals surface area contributed by atoms with Crippen molar-refractivity contribution in [3.05, 3.63) is 29.8 Å². The number of amides is 1. The van der Waals surface area contributed by atoms with Crippen molar-refractivity contribution in [3.63, 3.8) is 0 Å². The van der Waals surface area contributed by atoms with Gasteiger partial charge in [-0.25, -0.2) is 0 Å². The predicted octanol–water partition coefficient (Wildman–Crippen LogP) is 2.16. The lowest BCUT2D eigenvalue weighted by atomic mass is 10.2. The summed E-state index contributed by atoms with van der Waals surface area (Å²) in [5.41, 5.74) is 0.660. The van der Waals surface area contributed by atoms with E-state index in [1.165, 1.54) is 0 Å². The number of nitrogens with one attached hydrogen (secondary N) is 1. The molecule has 19 heavy (non-hydrogen) atoms. The molecule has 1 aromatic rings. The van der Waals surface area contributed by atoms with Crippen molar-refractivity contribution in [2.45, 2.75) is 26.8 Å². The van der Waals surface area contributed by atoms with Gasteiger partial charge in [0.05, 0.1) is 7.11 Å². The summed E-state index contributed by atoms with van der Waals surface area (Å²) in [6, 6.07) is 7.48. The minimum absolute atomic E-state index is 0.0401. The number of carbonyl (C=O) groups is 1. The second kappa shape index (κ2) is 7.79. The number of carbonyl (C=O) groups excluding carboxylic acids is 1. The van der Waals surface area contributed by atoms with Crippen molar-refractivity contribution in [2.24, 2.45) is 0 Å². The van der Waals surface area contributed by atoms with Crippen molar-refractivity contribution >= 4 is 5.91 Å². The Morgan fingerprint density at radius 2 is 1.84 bits per heavy atom. The van der Waals surface area contributed by atoms with Crippen LogP contribution in [0.2, 0.25) is 0 Å². The number of nitrogens with zero attached hydrogens (tertiary/aromatic N) is 1. The van der Waals surface area contributed by atoms with Crippen LogP contribution in [0.5, 0.6) is 5.75 Å². The van der Waals surface area contributed by atoms with Gasteiger partial charge in [-0.2, -0.15) is 0 Å². The van der Waals surface area contributed by atoms with Gasteiger partial charge in [-0.15, -0.1) is 0 Å². The summed E-state index contributed by atoms with van der Waals surface area (Å²) >= 11 is 0. The zero-order chi connectivity index (χ0) is 14.3. The minimum Gasteiger partial charge on any atom is -0.497 e. The van der Waals surface area contributed by atoms with Gasteiger partial charge in [0.1, 0.15) is 5.75 Å². The van der Waals surface area contributed by atoms with Crippen molar-refractivity contribution in [1.29, 1.82) is 0 Å². The molecule has 0 spiro atoms. The van der Waals surface area contributed by atoms with E-state index in [0.717, 1.165) is 18.8 Å². The van der Waals surface area contributed by atoms with Gasteiger partial charge >= 0.3 is 0 Å². The van der Waals surface area contributed by atoms with E-state index in [0.29, 0.717) is 18.2 Å². The number of benzene rings is 1. The number of ether oxygens (including phenoxy) is 1. The number of hydrogen-bond donors (Lipinski definition) is 1. The molecule has 0 saturated heterocycles. The third-order valence-corrected chi connectivity index (χ3v) is 3.35. The maximum Gasteiger partial charge on any atom is 0.251 e. The Hall–Kier alpha value is -1.55. The third-order valence-electron chi connectivity index (χ3n) is 3.35. The molecule has 1 unspecified atom stereocenters. The van der Waals surface area contributed by atoms with Gasteiger partial charge in [-0.1, -0.05) is 13.8 Å². The summed E-state index contributed by atoms with van der Waals surface area (Å²) in [6.45, 7) is 9.04. The maximum atomic E-state index is 12.0. The first-order valence-electron chi connectivity index (χ1n) is 6.78. The van der Waals surface area contributed by atoms with Gasteiger partial charge in [0.15, 0.2) is 0 Å². The van der Waals surface area contributed by atoms with Crippen LogP contribution in [0, 0.1) is 0 Å². The van der Waals surface area contributed by atoms with E-state index in [1.807, 2.05) is 0 Å². The third kappa shape index (κ3) is 4.56. The standard InChI is InChI=1S/C15H24N2O2/c1-5-17(6-2)12(3)11-16-15(18)13-7-9-14(19-4)10-8-13/h7-10,12H,5-6,11H2,1-4H3,(H,16,18). The van der Waals surface area contributed by atoms with Crippen LogP contribution in [0.3, 0.4) is 0 Å². The Bertz CT molecular complexity index is 386. The molecule has 0 saturated carbocycles. The van der Waals surface area contributed by atoms with Crippen LogP contribution >= 0.6 is 0 Å². The van der Waals surface area contributed by atoms with E-state index < -0.39 is 0 Å². The van der Waals surface area contributed by atoms with Gasteiger partial charge in [0.2, 0.25) is 0 Å². The summed E-state index contributed by atoms with van der Waals surface area (Å²) in [4.78, 5) is 14.3. The summed E-state index contributed by atoms with van der Waals surface area (Å²) in [6.07, 6.45) is 0. The molecule has 0 radical (unpaired) electrons. The fraction of sp³-hybridized carbons (Fsp3) is 0.533. The van der Waals surface area contributed by atoms with Crippen LogP contribution in [-0.4, -0.2) is 43.6 Å². The van der Waals surface area contributed by atoms with E-state index in [2.05, 4.69) is 31.0 Å². The van der Waals surface area contributed by atoms with E-state index in [4.69, 9.17) is 4.74 Å². The first kappa shape index (κ1) is 15.5. The predicted molar refractivity (Wildman–Crippen MR) is 77.7 cm³/mol. The molecule has 0 aliphatic heterocycles. The summed E-state index contributed by atoms with van der Waals surface area (Å²) in [5, 5.41) is 2.96. The summed E-state index contributed by atoms with van der Waals surface area (Å²) in [5.74, 6) is 0.717. The van der Waals surface area contributed by atoms with Gasteiger partial charge in [-0.3, -0.25) is 9.69 Å². The van der Waals surface area contributed by atoms with Crippen molar-refractivity contribution in [2.75, 3.05) is 26.7 Å². The molecule has 106 valence electrons. The quantitative estimate of drug-likeness (QED) is 0.820. The molecule has 0 aliphatic carbocycles. The van der Waals surface area contributed by atoms with Crippen molar-refractivity contribution in [1.82, 2.24) is 10.2 Å². The minimum atomic E-state index is -0.0401. The van der Waals surface area contributed by atoms with E-state index in [-0.39, 0.29) is 5.91 Å². The molecule has 1 rings (SSSR count). The van der Waals surface area contributed by atoms with Crippen LogP contribution in [0.1, 0.15) is 31.1 Å². The Balaban J connectivity index is 2.50. The van der Waals surface area contributed by atoms with Crippen LogP contribution in [-0.2, 0) is 0 Å². The van der Waals surface area contributed by atoms with Crippen molar-refractivity contribution in [3.8, 4) is 5.75 Å². The van der Waals surface area contributed by atoms with Crippen LogP contribution in [0.25, 0.3) is 0 Å². The zero-order valence-corrected chi connectivity index (χ0v) is 12.3. The van der Waals surface area contributed by atoms with Gasteiger partial charge in [0, 0.05) is 18.2 Å². The topological polar surface area (TPSA) is 41.6 Å². The molecule has 1 N–H and O–H groups in total. The highest BCUT2D eigenvalue weighted by Gasteiger charge is 2.12. The van der Waals surface area contributed by atoms with Crippen LogP contribution < -0.4 is 10.1 Å². The molecular weight excluding hydrogens is 240 g/mol. The lowest BCUT2D eigenvalue weighted by Crippen LogP contribution is -2.41. The monoisotopic (exact) mass is 264 g/mol. The Morgan fingerprint density at radius 3 is 2.32 bits per heavy atom. The molecule has 4 nitrogen and oxygen atoms in total. The first-order valence-corrected chi connectivity index (χ1v) is 6.78. The molecule has 0 aromatic heterocycles. The van der Waals surface area contributed by atoms with Crippen molar-refractivity contribution < 1.29 is 9.53 Å². The molecule has 1 aromatic carbocycles. The molecule has 4 heteroatoms. The SMILES string of the molecule is CCN(CC)C(C)CNC(=O)c1ccc(OC)cc1. The number of hydrogen-bond acceptors (Lipinski definition) is 3. The molecular formula is C15H24N2O2. The van der Waals surface area contributed by atoms with Gasteiger partial charge in [0.25, 0.3) is 5.91 Å². The van der Waals surface area contributed by atoms with E-state index in [9.17, 15) is 4.79 Å². The smallest absolute Gasteiger partial charge is 0.251 e. The fourth-order valence-electron chi connectivity index (χ4n) is 2.06. The lowest BCUT2D eigenvalue weighted by molar-refractivity contribution is 0.0938. The summed E-state index contributed by atoms with van der Waals surface area (Å²) in [7, 11) is 1.61. The average Bonchev–Trinajstić information content (AvgIpc) is 2.46. The molecule has 0 heterocycles. The Morgan fingerprint density at radius 1 is 1.26 bits per heavy atom. The Kier molecular flexibility index (Phi) is 6.36. The number of rotatable bonds is 7. The largest absolute Gasteiger partial charge is 0.497 e. The highest BCUT2D eigenvalue weighted by Crippen LogP contribution is 2.11. The second-order valence-corrected chi connectivity index (χ2v) is 4.51. The molecule has 1 amide bonds. The normalized spacial score (nSPS) is 12.3. The molecule has 0 aliphatic rings. The molecule has 0 fully saturated rings. The molecule has 0 bridgehead atoms. The lowest BCUT2D eigenvalue weighted by Gasteiger charge is -2.26. The highest BCUT2D eigenvalue weighted by molar-refractivity contribution is 5.94. The zero-order valence-electron chi connectivity index (χ0n) is 12.3. The maximum absolute atomic E-state index is 12.0. The average molecular weight is 264 g/mol. The number of methoxy groups -OCH3 is 1. The molecule has 1 atom stereocenters. The fourth-order valence-corrected chi connectivity index (χ4v) is 2.06. The summed E-state index contributed by atoms with van der Waals surface area (Å²) < 4.78 is 5.07.